The minimum atomic E-state index is -0.359. The van der Waals surface area contributed by atoms with E-state index in [9.17, 15) is 9.59 Å². The Kier molecular flexibility index (Phi) is 1.36. The van der Waals surface area contributed by atoms with Crippen LogP contribution in [0.15, 0.2) is 17.1 Å². The molecule has 2 aliphatic heterocycles. The number of hydrogen-bond donors (Lipinski definition) is 0. The Hall–Kier alpha value is -1.45. The standard InChI is InChI=1S/C8H8N2O2/c1-5(11)6-4-9-7-2-3-8(12)10(6)7/h2-3,6H,4H2,1H3/t6-/m0/s1. The summed E-state index contributed by atoms with van der Waals surface area (Å²) in [5.74, 6) is 0.484. The summed E-state index contributed by atoms with van der Waals surface area (Å²) in [5.41, 5.74) is 0. The van der Waals surface area contributed by atoms with Crippen LogP contribution in [0.2, 0.25) is 0 Å². The number of aliphatic imine (C=N–C) groups is 1. The molecule has 0 unspecified atom stereocenters. The average Bonchev–Trinajstić information content (AvgIpc) is 2.53. The van der Waals surface area contributed by atoms with Crippen LogP contribution in [0.3, 0.4) is 0 Å². The molecule has 0 N–H and O–H groups in total. The molecule has 0 aromatic heterocycles. The Morgan fingerprint density at radius 1 is 1.67 bits per heavy atom. The highest BCUT2D eigenvalue weighted by molar-refractivity contribution is 6.18. The number of ketones is 1. The largest absolute Gasteiger partial charge is 0.298 e. The smallest absolute Gasteiger partial charge is 0.253 e. The van der Waals surface area contributed by atoms with E-state index >= 15 is 0 Å². The third-order valence-electron chi connectivity index (χ3n) is 2.07. The first-order chi connectivity index (χ1) is 5.70. The summed E-state index contributed by atoms with van der Waals surface area (Å²) in [6, 6.07) is -0.359. The van der Waals surface area contributed by atoms with Gasteiger partial charge < -0.3 is 0 Å². The predicted octanol–water partition coefficient (Wildman–Crippen LogP) is -0.246. The van der Waals surface area contributed by atoms with E-state index in [1.54, 1.807) is 6.08 Å². The van der Waals surface area contributed by atoms with Crippen molar-refractivity contribution in [2.24, 2.45) is 4.99 Å². The maximum atomic E-state index is 11.2. The number of Topliss-reactive ketones (excluding diaryl/α,β-unsaturated/α-hetero) is 1. The van der Waals surface area contributed by atoms with Gasteiger partial charge in [0.2, 0.25) is 0 Å². The van der Waals surface area contributed by atoms with E-state index in [0.717, 1.165) is 0 Å². The van der Waals surface area contributed by atoms with Crippen LogP contribution in [-0.2, 0) is 9.59 Å². The highest BCUT2D eigenvalue weighted by atomic mass is 16.2. The molecule has 0 aromatic rings. The fourth-order valence-corrected chi connectivity index (χ4v) is 1.43. The zero-order chi connectivity index (χ0) is 8.72. The maximum Gasteiger partial charge on any atom is 0.253 e. The van der Waals surface area contributed by atoms with Gasteiger partial charge in [-0.3, -0.25) is 19.5 Å². The van der Waals surface area contributed by atoms with E-state index in [-0.39, 0.29) is 17.7 Å². The molecule has 1 atom stereocenters. The third kappa shape index (κ3) is 0.809. The lowest BCUT2D eigenvalue weighted by molar-refractivity contribution is -0.129. The van der Waals surface area contributed by atoms with Gasteiger partial charge in [0, 0.05) is 6.08 Å². The van der Waals surface area contributed by atoms with E-state index < -0.39 is 0 Å². The molecule has 62 valence electrons. The van der Waals surface area contributed by atoms with Gasteiger partial charge in [0.05, 0.1) is 6.54 Å². The molecule has 2 heterocycles. The number of nitrogens with zero attached hydrogens (tertiary/aromatic N) is 2. The van der Waals surface area contributed by atoms with Crippen LogP contribution in [0.1, 0.15) is 6.92 Å². The second kappa shape index (κ2) is 2.27. The molecule has 4 nitrogen and oxygen atoms in total. The van der Waals surface area contributed by atoms with Crippen molar-refractivity contribution < 1.29 is 9.59 Å². The van der Waals surface area contributed by atoms with Crippen LogP contribution in [0.4, 0.5) is 0 Å². The van der Waals surface area contributed by atoms with Crippen LogP contribution in [0.25, 0.3) is 0 Å². The van der Waals surface area contributed by atoms with Crippen molar-refractivity contribution in [2.45, 2.75) is 13.0 Å². The van der Waals surface area contributed by atoms with Crippen LogP contribution in [0.5, 0.6) is 0 Å². The van der Waals surface area contributed by atoms with Crippen molar-refractivity contribution in [1.29, 1.82) is 0 Å². The molecular weight excluding hydrogens is 156 g/mol. The third-order valence-corrected chi connectivity index (χ3v) is 2.07. The van der Waals surface area contributed by atoms with E-state index in [2.05, 4.69) is 4.99 Å². The molecular formula is C8H8N2O2. The Labute approximate surface area is 69.6 Å². The normalized spacial score (nSPS) is 26.1. The summed E-state index contributed by atoms with van der Waals surface area (Å²) in [5, 5.41) is 0. The summed E-state index contributed by atoms with van der Waals surface area (Å²) in [4.78, 5) is 27.7. The molecule has 0 radical (unpaired) electrons. The fourth-order valence-electron chi connectivity index (χ4n) is 1.43. The molecule has 0 aliphatic carbocycles. The molecule has 4 heteroatoms. The van der Waals surface area contributed by atoms with E-state index in [4.69, 9.17) is 0 Å². The molecule has 2 rings (SSSR count). The highest BCUT2D eigenvalue weighted by Crippen LogP contribution is 2.17. The van der Waals surface area contributed by atoms with Crippen LogP contribution >= 0.6 is 0 Å². The number of hydrogen-bond acceptors (Lipinski definition) is 3. The molecule has 0 bridgehead atoms. The molecule has 1 amide bonds. The van der Waals surface area contributed by atoms with Gasteiger partial charge in [-0.15, -0.1) is 0 Å². The van der Waals surface area contributed by atoms with Crippen molar-refractivity contribution >= 4 is 17.5 Å². The lowest BCUT2D eigenvalue weighted by atomic mass is 10.2. The van der Waals surface area contributed by atoms with Crippen molar-refractivity contribution in [3.05, 3.63) is 12.2 Å². The van der Waals surface area contributed by atoms with Gasteiger partial charge in [0.15, 0.2) is 5.78 Å². The number of carbonyl (C=O) groups is 2. The minimum Gasteiger partial charge on any atom is -0.298 e. The lowest BCUT2D eigenvalue weighted by Gasteiger charge is -2.17. The number of carbonyl (C=O) groups excluding carboxylic acids is 2. The van der Waals surface area contributed by atoms with Crippen molar-refractivity contribution in [1.82, 2.24) is 4.90 Å². The number of amidine groups is 1. The van der Waals surface area contributed by atoms with Gasteiger partial charge in [0.25, 0.3) is 5.91 Å². The highest BCUT2D eigenvalue weighted by Gasteiger charge is 2.36. The SMILES string of the molecule is CC(=O)[C@@H]1CN=C2C=CC(=O)N21. The van der Waals surface area contributed by atoms with E-state index in [0.29, 0.717) is 12.4 Å². The van der Waals surface area contributed by atoms with Crippen molar-refractivity contribution in [3.8, 4) is 0 Å². The van der Waals surface area contributed by atoms with Gasteiger partial charge in [-0.1, -0.05) is 0 Å². The van der Waals surface area contributed by atoms with Crippen LogP contribution in [-0.4, -0.2) is 35.0 Å². The maximum absolute atomic E-state index is 11.2. The first kappa shape index (κ1) is 7.21. The predicted molar refractivity (Wildman–Crippen MR) is 42.8 cm³/mol. The van der Waals surface area contributed by atoms with Gasteiger partial charge in [-0.25, -0.2) is 0 Å². The van der Waals surface area contributed by atoms with Gasteiger partial charge >= 0.3 is 0 Å². The summed E-state index contributed by atoms with van der Waals surface area (Å²) in [6.45, 7) is 1.90. The lowest BCUT2D eigenvalue weighted by Crippen LogP contribution is -2.41. The molecule has 2 aliphatic rings. The molecule has 0 saturated heterocycles. The molecule has 0 spiro atoms. The first-order valence-electron chi connectivity index (χ1n) is 3.76. The topological polar surface area (TPSA) is 49.7 Å². The van der Waals surface area contributed by atoms with E-state index in [1.807, 2.05) is 0 Å². The average molecular weight is 164 g/mol. The Balaban J connectivity index is 2.30. The zero-order valence-corrected chi connectivity index (χ0v) is 6.65. The summed E-state index contributed by atoms with van der Waals surface area (Å²) in [7, 11) is 0. The number of fused-ring (bicyclic) bond motifs is 1. The van der Waals surface area contributed by atoms with Crippen molar-refractivity contribution in [3.63, 3.8) is 0 Å². The molecule has 12 heavy (non-hydrogen) atoms. The number of rotatable bonds is 1. The van der Waals surface area contributed by atoms with E-state index in [1.165, 1.54) is 17.9 Å². The van der Waals surface area contributed by atoms with Crippen LogP contribution < -0.4 is 0 Å². The molecule has 0 saturated carbocycles. The molecule has 0 fully saturated rings. The first-order valence-corrected chi connectivity index (χ1v) is 3.76. The minimum absolute atomic E-state index is 0.00852. The monoisotopic (exact) mass is 164 g/mol. The van der Waals surface area contributed by atoms with Crippen LogP contribution in [0, 0.1) is 0 Å². The Morgan fingerprint density at radius 2 is 2.42 bits per heavy atom. The second-order valence-corrected chi connectivity index (χ2v) is 2.87. The summed E-state index contributed by atoms with van der Waals surface area (Å²) < 4.78 is 0. The van der Waals surface area contributed by atoms with Gasteiger partial charge in [-0.05, 0) is 13.0 Å². The Bertz CT molecular complexity index is 317. The zero-order valence-electron chi connectivity index (χ0n) is 6.65. The second-order valence-electron chi connectivity index (χ2n) is 2.87. The van der Waals surface area contributed by atoms with Crippen molar-refractivity contribution in [2.75, 3.05) is 6.54 Å². The summed E-state index contributed by atoms with van der Waals surface area (Å²) in [6.07, 6.45) is 3.08. The van der Waals surface area contributed by atoms with Gasteiger partial charge in [-0.2, -0.15) is 0 Å². The number of amides is 1. The Morgan fingerprint density at radius 3 is 3.08 bits per heavy atom. The van der Waals surface area contributed by atoms with Gasteiger partial charge in [0.1, 0.15) is 11.9 Å². The quantitative estimate of drug-likeness (QED) is 0.536. The fraction of sp³-hybridized carbons (Fsp3) is 0.375. The molecule has 0 aromatic carbocycles. The summed E-state index contributed by atoms with van der Waals surface area (Å²) >= 11 is 0.